The second kappa shape index (κ2) is 5.12. The monoisotopic (exact) mass is 309 g/mol. The van der Waals surface area contributed by atoms with Crippen LogP contribution in [0.4, 0.5) is 0 Å². The number of β-amino-alcohol motifs (C(OH)–C–C–N with tert-alkyl or cyclic N) is 1. The first kappa shape index (κ1) is 14.0. The molecular formula is C13H15N3O4S. The number of aliphatic carboxylic acids is 1. The number of carbonyl (C=O) groups is 2. The van der Waals surface area contributed by atoms with E-state index < -0.39 is 18.1 Å². The lowest BCUT2D eigenvalue weighted by atomic mass is 10.2. The molecule has 0 unspecified atom stereocenters. The van der Waals surface area contributed by atoms with E-state index in [0.717, 1.165) is 16.3 Å². The van der Waals surface area contributed by atoms with Crippen LogP contribution in [0.3, 0.4) is 0 Å². The van der Waals surface area contributed by atoms with Crippen molar-refractivity contribution in [1.82, 2.24) is 14.3 Å². The van der Waals surface area contributed by atoms with Crippen molar-refractivity contribution < 1.29 is 19.8 Å². The summed E-state index contributed by atoms with van der Waals surface area (Å²) < 4.78 is 1.85. The van der Waals surface area contributed by atoms with Crippen LogP contribution in [-0.2, 0) is 16.0 Å². The standard InChI is InChI=1S/C13H15N3O4S/c1-7-4-15-8(6-21-13(15)14-7)2-11(18)16-5-9(17)3-10(16)12(19)20/h4,6,9-10,17H,2-3,5H2,1H3,(H,19,20)/t9-,10-/m0/s1. The summed E-state index contributed by atoms with van der Waals surface area (Å²) in [6.07, 6.45) is 1.27. The number of thiazole rings is 1. The van der Waals surface area contributed by atoms with Crippen LogP contribution < -0.4 is 0 Å². The van der Waals surface area contributed by atoms with Gasteiger partial charge in [0.1, 0.15) is 6.04 Å². The summed E-state index contributed by atoms with van der Waals surface area (Å²) in [6.45, 7) is 1.95. The van der Waals surface area contributed by atoms with Crippen LogP contribution in [0, 0.1) is 6.92 Å². The van der Waals surface area contributed by atoms with Gasteiger partial charge < -0.3 is 15.1 Å². The molecule has 2 atom stereocenters. The van der Waals surface area contributed by atoms with Gasteiger partial charge >= 0.3 is 5.97 Å². The van der Waals surface area contributed by atoms with Crippen molar-refractivity contribution in [2.45, 2.75) is 31.9 Å². The highest BCUT2D eigenvalue weighted by Gasteiger charge is 2.38. The molecule has 0 spiro atoms. The van der Waals surface area contributed by atoms with Gasteiger partial charge in [-0.05, 0) is 6.92 Å². The van der Waals surface area contributed by atoms with E-state index in [4.69, 9.17) is 5.11 Å². The summed E-state index contributed by atoms with van der Waals surface area (Å²) >= 11 is 1.44. The van der Waals surface area contributed by atoms with Crippen molar-refractivity contribution in [3.8, 4) is 0 Å². The fourth-order valence-electron chi connectivity index (χ4n) is 2.65. The number of hydrogen-bond donors (Lipinski definition) is 2. The van der Waals surface area contributed by atoms with E-state index in [2.05, 4.69) is 4.98 Å². The first-order valence-corrected chi connectivity index (χ1v) is 7.46. The van der Waals surface area contributed by atoms with E-state index in [1.807, 2.05) is 22.9 Å². The van der Waals surface area contributed by atoms with E-state index in [-0.39, 0.29) is 25.3 Å². The van der Waals surface area contributed by atoms with Gasteiger partial charge in [0.15, 0.2) is 4.96 Å². The van der Waals surface area contributed by atoms with Crippen LogP contribution in [-0.4, -0.2) is 55.1 Å². The molecule has 7 nitrogen and oxygen atoms in total. The van der Waals surface area contributed by atoms with Crippen LogP contribution in [0.2, 0.25) is 0 Å². The molecule has 1 fully saturated rings. The van der Waals surface area contributed by atoms with Gasteiger partial charge in [-0.15, -0.1) is 11.3 Å². The largest absolute Gasteiger partial charge is 0.480 e. The van der Waals surface area contributed by atoms with Crippen molar-refractivity contribution in [3.05, 3.63) is 23.0 Å². The van der Waals surface area contributed by atoms with Crippen LogP contribution in [0.15, 0.2) is 11.6 Å². The van der Waals surface area contributed by atoms with Crippen molar-refractivity contribution in [2.75, 3.05) is 6.54 Å². The molecule has 1 amide bonds. The van der Waals surface area contributed by atoms with Crippen LogP contribution in [0.1, 0.15) is 17.8 Å². The fourth-order valence-corrected chi connectivity index (χ4v) is 3.57. The normalized spacial score (nSPS) is 22.1. The lowest BCUT2D eigenvalue weighted by molar-refractivity contribution is -0.148. The second-order valence-corrected chi connectivity index (χ2v) is 6.06. The van der Waals surface area contributed by atoms with E-state index in [0.29, 0.717) is 0 Å². The van der Waals surface area contributed by atoms with Gasteiger partial charge in [0.2, 0.25) is 5.91 Å². The van der Waals surface area contributed by atoms with Gasteiger partial charge in [0.25, 0.3) is 0 Å². The zero-order chi connectivity index (χ0) is 15.1. The molecule has 2 N–H and O–H groups in total. The Kier molecular flexibility index (Phi) is 3.42. The zero-order valence-electron chi connectivity index (χ0n) is 11.4. The first-order valence-electron chi connectivity index (χ1n) is 6.58. The van der Waals surface area contributed by atoms with E-state index in [9.17, 15) is 14.7 Å². The molecule has 2 aromatic heterocycles. The minimum Gasteiger partial charge on any atom is -0.480 e. The number of rotatable bonds is 3. The SMILES string of the molecule is Cc1cn2c(CC(=O)N3C[C@@H](O)C[C@H]3C(=O)O)csc2n1. The van der Waals surface area contributed by atoms with Crippen molar-refractivity contribution in [3.63, 3.8) is 0 Å². The van der Waals surface area contributed by atoms with Crippen LogP contribution in [0.5, 0.6) is 0 Å². The molecule has 0 aliphatic carbocycles. The Morgan fingerprint density at radius 2 is 2.29 bits per heavy atom. The number of likely N-dealkylation sites (tertiary alicyclic amines) is 1. The van der Waals surface area contributed by atoms with Gasteiger partial charge in [0.05, 0.1) is 18.2 Å². The number of aliphatic hydroxyl groups excluding tert-OH is 1. The van der Waals surface area contributed by atoms with Gasteiger partial charge in [-0.1, -0.05) is 0 Å². The topological polar surface area (TPSA) is 95.1 Å². The molecule has 0 bridgehead atoms. The number of carboxylic acids is 1. The molecule has 3 rings (SSSR count). The third kappa shape index (κ3) is 2.52. The number of hydrogen-bond acceptors (Lipinski definition) is 5. The fraction of sp³-hybridized carbons (Fsp3) is 0.462. The molecule has 1 saturated heterocycles. The lowest BCUT2D eigenvalue weighted by Gasteiger charge is -2.20. The Balaban J connectivity index is 1.81. The number of amides is 1. The maximum atomic E-state index is 12.3. The van der Waals surface area contributed by atoms with Crippen LogP contribution >= 0.6 is 11.3 Å². The van der Waals surface area contributed by atoms with Gasteiger partial charge in [-0.3, -0.25) is 9.20 Å². The van der Waals surface area contributed by atoms with Crippen LogP contribution in [0.25, 0.3) is 4.96 Å². The number of aromatic nitrogens is 2. The average molecular weight is 309 g/mol. The number of aliphatic hydroxyl groups is 1. The molecule has 0 saturated carbocycles. The maximum absolute atomic E-state index is 12.3. The van der Waals surface area contributed by atoms with Crippen molar-refractivity contribution in [2.24, 2.45) is 0 Å². The quantitative estimate of drug-likeness (QED) is 0.850. The zero-order valence-corrected chi connectivity index (χ0v) is 12.2. The minimum atomic E-state index is -1.08. The first-order chi connectivity index (χ1) is 9.95. The van der Waals surface area contributed by atoms with E-state index in [1.165, 1.54) is 16.2 Å². The predicted octanol–water partition coefficient (Wildman–Crippen LogP) is 0.293. The Morgan fingerprint density at radius 1 is 1.52 bits per heavy atom. The minimum absolute atomic E-state index is 0.0754. The Morgan fingerprint density at radius 3 is 3.00 bits per heavy atom. The summed E-state index contributed by atoms with van der Waals surface area (Å²) in [4.78, 5) is 29.9. The number of aryl methyl sites for hydroxylation is 1. The molecule has 112 valence electrons. The number of nitrogens with zero attached hydrogens (tertiary/aromatic N) is 3. The summed E-state index contributed by atoms with van der Waals surface area (Å²) in [6, 6.07) is -0.939. The van der Waals surface area contributed by atoms with E-state index in [1.54, 1.807) is 0 Å². The van der Waals surface area contributed by atoms with Gasteiger partial charge in [-0.2, -0.15) is 0 Å². The number of fused-ring (bicyclic) bond motifs is 1. The van der Waals surface area contributed by atoms with Gasteiger partial charge in [0, 0.05) is 30.2 Å². The van der Waals surface area contributed by atoms with Crippen molar-refractivity contribution in [1.29, 1.82) is 0 Å². The van der Waals surface area contributed by atoms with Crippen molar-refractivity contribution >= 4 is 28.2 Å². The second-order valence-electron chi connectivity index (χ2n) is 5.23. The molecule has 1 aliphatic rings. The molecule has 21 heavy (non-hydrogen) atoms. The predicted molar refractivity (Wildman–Crippen MR) is 75.3 cm³/mol. The summed E-state index contributed by atoms with van der Waals surface area (Å²) in [5.74, 6) is -1.36. The summed E-state index contributed by atoms with van der Waals surface area (Å²) in [5.41, 5.74) is 1.65. The Bertz CT molecular complexity index is 707. The molecule has 8 heteroatoms. The molecular weight excluding hydrogens is 294 g/mol. The Hall–Kier alpha value is -1.93. The molecule has 1 aliphatic heterocycles. The number of carbonyl (C=O) groups excluding carboxylic acids is 1. The number of carboxylic acid groups (broad SMARTS) is 1. The molecule has 3 heterocycles. The highest BCUT2D eigenvalue weighted by molar-refractivity contribution is 7.15. The molecule has 0 radical (unpaired) electrons. The third-order valence-corrected chi connectivity index (χ3v) is 4.51. The number of imidazole rings is 1. The summed E-state index contributed by atoms with van der Waals surface area (Å²) in [5, 5.41) is 20.6. The smallest absolute Gasteiger partial charge is 0.326 e. The Labute approximate surface area is 124 Å². The lowest BCUT2D eigenvalue weighted by Crippen LogP contribution is -2.41. The third-order valence-electron chi connectivity index (χ3n) is 3.62. The average Bonchev–Trinajstić information content (AvgIpc) is 3.05. The van der Waals surface area contributed by atoms with Gasteiger partial charge in [-0.25, -0.2) is 9.78 Å². The maximum Gasteiger partial charge on any atom is 0.326 e. The highest BCUT2D eigenvalue weighted by Crippen LogP contribution is 2.22. The summed E-state index contributed by atoms with van der Waals surface area (Å²) in [7, 11) is 0. The van der Waals surface area contributed by atoms with E-state index >= 15 is 0 Å². The molecule has 2 aromatic rings. The molecule has 0 aromatic carbocycles. The highest BCUT2D eigenvalue weighted by atomic mass is 32.1.